The average Bonchev–Trinajstić information content (AvgIpc) is 2.90. The van der Waals surface area contributed by atoms with Gasteiger partial charge in [0.05, 0.1) is 5.56 Å². The molecular weight excluding hydrogens is 252 g/mol. The van der Waals surface area contributed by atoms with E-state index in [1.807, 2.05) is 13.0 Å². The molecule has 0 amide bonds. The van der Waals surface area contributed by atoms with Crippen LogP contribution >= 0.6 is 0 Å². The molecule has 0 radical (unpaired) electrons. The average molecular weight is 276 g/mol. The zero-order valence-corrected chi connectivity index (χ0v) is 12.4. The summed E-state index contributed by atoms with van der Waals surface area (Å²) in [5.41, 5.74) is 2.36. The van der Waals surface area contributed by atoms with Crippen LogP contribution in [0.4, 0.5) is 5.69 Å². The van der Waals surface area contributed by atoms with E-state index < -0.39 is 5.97 Å². The van der Waals surface area contributed by atoms with Crippen molar-refractivity contribution in [2.45, 2.75) is 26.7 Å². The lowest BCUT2D eigenvalue weighted by molar-refractivity contribution is 0.0697. The molecule has 4 nitrogen and oxygen atoms in total. The summed E-state index contributed by atoms with van der Waals surface area (Å²) in [6.07, 6.45) is 2.66. The number of benzene rings is 1. The third-order valence-corrected chi connectivity index (χ3v) is 3.88. The number of rotatable bonds is 6. The molecule has 2 N–H and O–H groups in total. The normalized spacial score (nSPS) is 17.1. The summed E-state index contributed by atoms with van der Waals surface area (Å²) in [4.78, 5) is 13.4. The molecule has 0 saturated carbocycles. The summed E-state index contributed by atoms with van der Waals surface area (Å²) < 4.78 is 0. The first-order chi connectivity index (χ1) is 9.56. The van der Waals surface area contributed by atoms with Crippen molar-refractivity contribution in [3.63, 3.8) is 0 Å². The highest BCUT2D eigenvalue weighted by Gasteiger charge is 2.14. The lowest BCUT2D eigenvalue weighted by atomic mass is 10.1. The Bertz CT molecular complexity index is 468. The van der Waals surface area contributed by atoms with E-state index in [1.165, 1.54) is 25.9 Å². The number of anilines is 1. The zero-order chi connectivity index (χ0) is 14.5. The van der Waals surface area contributed by atoms with Crippen LogP contribution in [0, 0.1) is 12.8 Å². The molecule has 1 heterocycles. The number of hydrogen-bond acceptors (Lipinski definition) is 3. The molecule has 110 valence electrons. The van der Waals surface area contributed by atoms with Crippen LogP contribution in [0.2, 0.25) is 0 Å². The highest BCUT2D eigenvalue weighted by Crippen LogP contribution is 2.17. The predicted octanol–water partition coefficient (Wildman–Crippen LogP) is 2.84. The van der Waals surface area contributed by atoms with Crippen LogP contribution in [-0.4, -0.2) is 42.2 Å². The molecule has 1 aromatic rings. The molecule has 0 aromatic heterocycles. The van der Waals surface area contributed by atoms with E-state index in [9.17, 15) is 4.79 Å². The van der Waals surface area contributed by atoms with Crippen LogP contribution in [0.15, 0.2) is 18.2 Å². The molecule has 1 saturated heterocycles. The van der Waals surface area contributed by atoms with Gasteiger partial charge in [0.15, 0.2) is 0 Å². The molecular formula is C16H24N2O2. The van der Waals surface area contributed by atoms with E-state index in [1.54, 1.807) is 12.1 Å². The summed E-state index contributed by atoms with van der Waals surface area (Å²) in [6.45, 7) is 8.72. The number of carboxylic acid groups (broad SMARTS) is 1. The number of nitrogens with zero attached hydrogens (tertiary/aromatic N) is 1. The molecule has 1 fully saturated rings. The first kappa shape index (κ1) is 14.9. The maximum Gasteiger partial charge on any atom is 0.335 e. The number of nitrogens with one attached hydrogen (secondary N) is 1. The molecule has 2 rings (SSSR count). The van der Waals surface area contributed by atoms with Crippen molar-refractivity contribution >= 4 is 11.7 Å². The second-order valence-corrected chi connectivity index (χ2v) is 5.83. The monoisotopic (exact) mass is 276 g/mol. The molecule has 0 bridgehead atoms. The Morgan fingerprint density at radius 1 is 1.40 bits per heavy atom. The number of carboxylic acids is 1. The minimum absolute atomic E-state index is 0.346. The van der Waals surface area contributed by atoms with Crippen molar-refractivity contribution in [3.8, 4) is 0 Å². The molecule has 1 aromatic carbocycles. The van der Waals surface area contributed by atoms with Crippen molar-refractivity contribution in [3.05, 3.63) is 29.3 Å². The Morgan fingerprint density at radius 2 is 2.10 bits per heavy atom. The van der Waals surface area contributed by atoms with Crippen LogP contribution < -0.4 is 5.32 Å². The maximum atomic E-state index is 10.9. The first-order valence-corrected chi connectivity index (χ1v) is 7.36. The molecule has 1 unspecified atom stereocenters. The molecule has 4 heteroatoms. The Hall–Kier alpha value is -1.55. The van der Waals surface area contributed by atoms with Gasteiger partial charge in [0.1, 0.15) is 0 Å². The molecule has 1 atom stereocenters. The van der Waals surface area contributed by atoms with Crippen LogP contribution in [0.3, 0.4) is 0 Å². The maximum absolute atomic E-state index is 10.9. The Balaban J connectivity index is 1.85. The van der Waals surface area contributed by atoms with Gasteiger partial charge in [-0.05, 0) is 62.5 Å². The Labute approximate surface area is 120 Å². The number of aryl methyl sites for hydroxylation is 1. The summed E-state index contributed by atoms with van der Waals surface area (Å²) in [6, 6.07) is 5.24. The van der Waals surface area contributed by atoms with Gasteiger partial charge < -0.3 is 15.3 Å². The number of carbonyl (C=O) groups is 1. The summed E-state index contributed by atoms with van der Waals surface area (Å²) in [5, 5.41) is 12.4. The van der Waals surface area contributed by atoms with Gasteiger partial charge >= 0.3 is 5.97 Å². The van der Waals surface area contributed by atoms with E-state index in [2.05, 4.69) is 17.1 Å². The summed E-state index contributed by atoms with van der Waals surface area (Å²) in [7, 11) is 0. The Morgan fingerprint density at radius 3 is 2.70 bits per heavy atom. The number of hydrogen-bond donors (Lipinski definition) is 2. The van der Waals surface area contributed by atoms with Gasteiger partial charge in [-0.25, -0.2) is 4.79 Å². The predicted molar refractivity (Wildman–Crippen MR) is 81.5 cm³/mol. The van der Waals surface area contributed by atoms with E-state index in [0.717, 1.165) is 24.3 Å². The van der Waals surface area contributed by atoms with Gasteiger partial charge in [-0.15, -0.1) is 0 Å². The van der Waals surface area contributed by atoms with Gasteiger partial charge in [-0.1, -0.05) is 6.92 Å². The lowest BCUT2D eigenvalue weighted by Crippen LogP contribution is -2.29. The quantitative estimate of drug-likeness (QED) is 0.839. The third-order valence-electron chi connectivity index (χ3n) is 3.88. The van der Waals surface area contributed by atoms with Crippen molar-refractivity contribution in [1.29, 1.82) is 0 Å². The highest BCUT2D eigenvalue weighted by atomic mass is 16.4. The van der Waals surface area contributed by atoms with Crippen molar-refractivity contribution in [1.82, 2.24) is 4.90 Å². The zero-order valence-electron chi connectivity index (χ0n) is 12.4. The Kier molecular flexibility index (Phi) is 5.01. The van der Waals surface area contributed by atoms with Gasteiger partial charge in [0.2, 0.25) is 0 Å². The standard InChI is InChI=1S/C16H24N2O2/c1-12(11-18-7-3-4-8-18)10-17-15-6-5-14(16(19)20)9-13(15)2/h5-6,9,12,17H,3-4,7-8,10-11H2,1-2H3,(H,19,20). The molecule has 1 aliphatic heterocycles. The minimum Gasteiger partial charge on any atom is -0.478 e. The van der Waals surface area contributed by atoms with Crippen molar-refractivity contribution in [2.75, 3.05) is 31.5 Å². The SMILES string of the molecule is Cc1cc(C(=O)O)ccc1NCC(C)CN1CCCC1. The fraction of sp³-hybridized carbons (Fsp3) is 0.562. The largest absolute Gasteiger partial charge is 0.478 e. The smallest absolute Gasteiger partial charge is 0.335 e. The lowest BCUT2D eigenvalue weighted by Gasteiger charge is -2.21. The fourth-order valence-corrected chi connectivity index (χ4v) is 2.75. The van der Waals surface area contributed by atoms with Crippen molar-refractivity contribution in [2.24, 2.45) is 5.92 Å². The molecule has 1 aliphatic rings. The van der Waals surface area contributed by atoms with E-state index >= 15 is 0 Å². The summed E-state index contributed by atoms with van der Waals surface area (Å²) in [5.74, 6) is -0.284. The second-order valence-electron chi connectivity index (χ2n) is 5.83. The molecule has 20 heavy (non-hydrogen) atoms. The van der Waals surface area contributed by atoms with Gasteiger partial charge in [-0.2, -0.15) is 0 Å². The molecule has 0 aliphatic carbocycles. The number of aromatic carboxylic acids is 1. The second kappa shape index (κ2) is 6.75. The number of likely N-dealkylation sites (tertiary alicyclic amines) is 1. The van der Waals surface area contributed by atoms with Crippen LogP contribution in [-0.2, 0) is 0 Å². The van der Waals surface area contributed by atoms with Gasteiger partial charge in [0, 0.05) is 18.8 Å². The molecule has 0 spiro atoms. The van der Waals surface area contributed by atoms with E-state index in [4.69, 9.17) is 5.11 Å². The van der Waals surface area contributed by atoms with Crippen LogP contribution in [0.25, 0.3) is 0 Å². The topological polar surface area (TPSA) is 52.6 Å². The summed E-state index contributed by atoms with van der Waals surface area (Å²) >= 11 is 0. The van der Waals surface area contributed by atoms with Crippen molar-refractivity contribution < 1.29 is 9.90 Å². The van der Waals surface area contributed by atoms with E-state index in [-0.39, 0.29) is 0 Å². The van der Waals surface area contributed by atoms with Crippen LogP contribution in [0.5, 0.6) is 0 Å². The fourth-order valence-electron chi connectivity index (χ4n) is 2.75. The first-order valence-electron chi connectivity index (χ1n) is 7.36. The van der Waals surface area contributed by atoms with Gasteiger partial charge in [-0.3, -0.25) is 0 Å². The highest BCUT2D eigenvalue weighted by molar-refractivity contribution is 5.88. The third kappa shape index (κ3) is 3.97. The van der Waals surface area contributed by atoms with Crippen LogP contribution in [0.1, 0.15) is 35.7 Å². The minimum atomic E-state index is -0.873. The van der Waals surface area contributed by atoms with Gasteiger partial charge in [0.25, 0.3) is 0 Å². The van der Waals surface area contributed by atoms with E-state index in [0.29, 0.717) is 11.5 Å².